The van der Waals surface area contributed by atoms with E-state index in [1.807, 2.05) is 42.5 Å². The van der Waals surface area contributed by atoms with Gasteiger partial charge in [0.2, 0.25) is 0 Å². The molecule has 1 heterocycles. The molecule has 2 aromatic carbocycles. The number of nitrogens with zero attached hydrogens (tertiary/aromatic N) is 2. The third-order valence-electron chi connectivity index (χ3n) is 2.89. The summed E-state index contributed by atoms with van der Waals surface area (Å²) in [6.07, 6.45) is 0. The molecule has 3 rings (SSSR count). The fraction of sp³-hybridized carbons (Fsp3) is 0.0714. The molecule has 0 N–H and O–H groups in total. The SMILES string of the molecule is COc1ccc2nn(-c3ccc(Br)cc3)c(Cl)c2c1. The summed E-state index contributed by atoms with van der Waals surface area (Å²) in [5.74, 6) is 0.768. The van der Waals surface area contributed by atoms with Gasteiger partial charge < -0.3 is 4.74 Å². The maximum absolute atomic E-state index is 6.39. The first kappa shape index (κ1) is 12.5. The van der Waals surface area contributed by atoms with Crippen molar-refractivity contribution in [3.05, 3.63) is 52.1 Å². The van der Waals surface area contributed by atoms with Crippen LogP contribution in [0.1, 0.15) is 0 Å². The summed E-state index contributed by atoms with van der Waals surface area (Å²) in [6.45, 7) is 0. The van der Waals surface area contributed by atoms with E-state index >= 15 is 0 Å². The number of benzene rings is 2. The van der Waals surface area contributed by atoms with Gasteiger partial charge in [0.15, 0.2) is 0 Å². The van der Waals surface area contributed by atoms with E-state index in [2.05, 4.69) is 21.0 Å². The highest BCUT2D eigenvalue weighted by molar-refractivity contribution is 9.10. The van der Waals surface area contributed by atoms with Crippen molar-refractivity contribution >= 4 is 38.4 Å². The maximum Gasteiger partial charge on any atom is 0.140 e. The first-order valence-electron chi connectivity index (χ1n) is 5.67. The van der Waals surface area contributed by atoms with Crippen LogP contribution in [0.25, 0.3) is 16.6 Å². The van der Waals surface area contributed by atoms with Gasteiger partial charge in [-0.05, 0) is 42.5 Å². The third-order valence-corrected chi connectivity index (χ3v) is 3.78. The lowest BCUT2D eigenvalue weighted by Gasteiger charge is -2.02. The van der Waals surface area contributed by atoms with Gasteiger partial charge in [0.1, 0.15) is 10.9 Å². The second kappa shape index (κ2) is 4.87. The van der Waals surface area contributed by atoms with Crippen LogP contribution in [0, 0.1) is 0 Å². The van der Waals surface area contributed by atoms with Crippen LogP contribution >= 0.6 is 27.5 Å². The quantitative estimate of drug-likeness (QED) is 0.691. The summed E-state index contributed by atoms with van der Waals surface area (Å²) in [6, 6.07) is 13.5. The van der Waals surface area contributed by atoms with E-state index in [0.29, 0.717) is 5.15 Å². The minimum atomic E-state index is 0.580. The van der Waals surface area contributed by atoms with E-state index in [1.54, 1.807) is 11.8 Å². The molecule has 0 aliphatic rings. The molecule has 1 aromatic heterocycles. The Bertz CT molecular complexity index is 737. The maximum atomic E-state index is 6.39. The number of aromatic nitrogens is 2. The smallest absolute Gasteiger partial charge is 0.140 e. The summed E-state index contributed by atoms with van der Waals surface area (Å²) < 4.78 is 7.95. The van der Waals surface area contributed by atoms with Crippen LogP contribution in [0.2, 0.25) is 5.15 Å². The average molecular weight is 338 g/mol. The Balaban J connectivity index is 2.19. The number of methoxy groups -OCH3 is 1. The van der Waals surface area contributed by atoms with Crippen LogP contribution in [-0.2, 0) is 0 Å². The Hall–Kier alpha value is -1.52. The van der Waals surface area contributed by atoms with Crippen molar-refractivity contribution in [3.8, 4) is 11.4 Å². The van der Waals surface area contributed by atoms with E-state index in [1.165, 1.54) is 0 Å². The Morgan fingerprint density at radius 3 is 2.58 bits per heavy atom. The molecule has 0 spiro atoms. The van der Waals surface area contributed by atoms with Gasteiger partial charge in [-0.25, -0.2) is 4.68 Å². The van der Waals surface area contributed by atoms with Crippen LogP contribution < -0.4 is 4.74 Å². The Labute approximate surface area is 123 Å². The van der Waals surface area contributed by atoms with Crippen LogP contribution in [0.15, 0.2) is 46.9 Å². The molecule has 0 bridgehead atoms. The van der Waals surface area contributed by atoms with E-state index < -0.39 is 0 Å². The third kappa shape index (κ3) is 2.22. The number of halogens is 2. The number of rotatable bonds is 2. The van der Waals surface area contributed by atoms with Crippen molar-refractivity contribution in [1.82, 2.24) is 9.78 Å². The summed E-state index contributed by atoms with van der Waals surface area (Å²) in [5.41, 5.74) is 1.76. The second-order valence-corrected chi connectivity index (χ2v) is 5.34. The summed E-state index contributed by atoms with van der Waals surface area (Å²) in [4.78, 5) is 0. The molecule has 3 aromatic rings. The zero-order chi connectivity index (χ0) is 13.4. The minimum Gasteiger partial charge on any atom is -0.497 e. The van der Waals surface area contributed by atoms with Gasteiger partial charge in [0.25, 0.3) is 0 Å². The average Bonchev–Trinajstić information content (AvgIpc) is 2.76. The predicted molar refractivity (Wildman–Crippen MR) is 80.3 cm³/mol. The second-order valence-electron chi connectivity index (χ2n) is 4.06. The molecule has 0 unspecified atom stereocenters. The number of hydrogen-bond acceptors (Lipinski definition) is 2. The molecular weight excluding hydrogens is 328 g/mol. The van der Waals surface area contributed by atoms with Crippen LogP contribution in [0.4, 0.5) is 0 Å². The molecule has 0 fully saturated rings. The van der Waals surface area contributed by atoms with Gasteiger partial charge in [-0.2, -0.15) is 5.10 Å². The molecule has 19 heavy (non-hydrogen) atoms. The lowest BCUT2D eigenvalue weighted by atomic mass is 10.2. The molecule has 0 radical (unpaired) electrons. The molecule has 96 valence electrons. The molecule has 3 nitrogen and oxygen atoms in total. The van der Waals surface area contributed by atoms with Crippen LogP contribution in [-0.4, -0.2) is 16.9 Å². The molecule has 0 aliphatic heterocycles. The molecule has 0 atom stereocenters. The van der Waals surface area contributed by atoms with E-state index in [0.717, 1.165) is 26.8 Å². The van der Waals surface area contributed by atoms with E-state index in [-0.39, 0.29) is 0 Å². The van der Waals surface area contributed by atoms with Crippen molar-refractivity contribution in [2.75, 3.05) is 7.11 Å². The highest BCUT2D eigenvalue weighted by Crippen LogP contribution is 2.29. The fourth-order valence-electron chi connectivity index (χ4n) is 1.91. The summed E-state index contributed by atoms with van der Waals surface area (Å²) in [7, 11) is 1.63. The molecule has 5 heteroatoms. The standard InChI is InChI=1S/C14H10BrClN2O/c1-19-11-6-7-13-12(8-11)14(16)18(17-13)10-4-2-9(15)3-5-10/h2-8H,1H3. The number of ether oxygens (including phenoxy) is 1. The predicted octanol–water partition coefficient (Wildman–Crippen LogP) is 4.45. The largest absolute Gasteiger partial charge is 0.497 e. The lowest BCUT2D eigenvalue weighted by Crippen LogP contribution is -1.95. The van der Waals surface area contributed by atoms with Gasteiger partial charge in [0, 0.05) is 9.86 Å². The zero-order valence-electron chi connectivity index (χ0n) is 10.1. The van der Waals surface area contributed by atoms with Gasteiger partial charge in [-0.1, -0.05) is 27.5 Å². The first-order chi connectivity index (χ1) is 9.19. The number of hydrogen-bond donors (Lipinski definition) is 0. The van der Waals surface area contributed by atoms with Crippen molar-refractivity contribution in [3.63, 3.8) is 0 Å². The fourth-order valence-corrected chi connectivity index (χ4v) is 2.46. The first-order valence-corrected chi connectivity index (χ1v) is 6.84. The van der Waals surface area contributed by atoms with Gasteiger partial charge in [-0.15, -0.1) is 0 Å². The van der Waals surface area contributed by atoms with Gasteiger partial charge in [0.05, 0.1) is 18.3 Å². The molecular formula is C14H10BrClN2O. The Kier molecular flexibility index (Phi) is 3.21. The highest BCUT2D eigenvalue weighted by Gasteiger charge is 2.11. The van der Waals surface area contributed by atoms with Gasteiger partial charge in [-0.3, -0.25) is 0 Å². The van der Waals surface area contributed by atoms with Crippen molar-refractivity contribution in [2.24, 2.45) is 0 Å². The molecule has 0 saturated heterocycles. The van der Waals surface area contributed by atoms with Crippen molar-refractivity contribution in [2.45, 2.75) is 0 Å². The molecule has 0 saturated carbocycles. The Morgan fingerprint density at radius 2 is 1.89 bits per heavy atom. The normalized spacial score (nSPS) is 10.9. The van der Waals surface area contributed by atoms with Gasteiger partial charge >= 0.3 is 0 Å². The highest BCUT2D eigenvalue weighted by atomic mass is 79.9. The topological polar surface area (TPSA) is 27.1 Å². The van der Waals surface area contributed by atoms with Crippen molar-refractivity contribution in [1.29, 1.82) is 0 Å². The molecule has 0 aliphatic carbocycles. The summed E-state index contributed by atoms with van der Waals surface area (Å²) >= 11 is 9.80. The van der Waals surface area contributed by atoms with E-state index in [4.69, 9.17) is 16.3 Å². The monoisotopic (exact) mass is 336 g/mol. The molecule has 0 amide bonds. The van der Waals surface area contributed by atoms with E-state index in [9.17, 15) is 0 Å². The zero-order valence-corrected chi connectivity index (χ0v) is 12.4. The van der Waals surface area contributed by atoms with Crippen molar-refractivity contribution < 1.29 is 4.74 Å². The van der Waals surface area contributed by atoms with Crippen LogP contribution in [0.3, 0.4) is 0 Å². The number of fused-ring (bicyclic) bond motifs is 1. The summed E-state index contributed by atoms with van der Waals surface area (Å²) in [5, 5.41) is 5.96. The van der Waals surface area contributed by atoms with Crippen LogP contribution in [0.5, 0.6) is 5.75 Å². The minimum absolute atomic E-state index is 0.580. The Morgan fingerprint density at radius 1 is 1.16 bits per heavy atom. The lowest BCUT2D eigenvalue weighted by molar-refractivity contribution is 0.415.